The second kappa shape index (κ2) is 4.59. The van der Waals surface area contributed by atoms with Gasteiger partial charge in [-0.15, -0.1) is 0 Å². The molecule has 108 valence electrons. The average Bonchev–Trinajstić information content (AvgIpc) is 3.11. The second-order valence-electron chi connectivity index (χ2n) is 7.13. The predicted octanol–water partition coefficient (Wildman–Crippen LogP) is 2.13. The lowest BCUT2D eigenvalue weighted by Gasteiger charge is -2.27. The van der Waals surface area contributed by atoms with Gasteiger partial charge in [-0.3, -0.25) is 4.79 Å². The molecule has 2 unspecified atom stereocenters. The Balaban J connectivity index is 1.74. The summed E-state index contributed by atoms with van der Waals surface area (Å²) in [5.74, 6) is 0.325. The number of hydrogen-bond acceptors (Lipinski definition) is 2. The third kappa shape index (κ3) is 2.35. The molecule has 1 fully saturated rings. The maximum Gasteiger partial charge on any atom is 0.224 e. The van der Waals surface area contributed by atoms with Gasteiger partial charge in [0.1, 0.15) is 0 Å². The Morgan fingerprint density at radius 3 is 2.95 bits per heavy atom. The van der Waals surface area contributed by atoms with E-state index in [0.29, 0.717) is 6.54 Å². The molecule has 0 heterocycles. The SMILES string of the molecule is CC(C)(N)CNC(=O)C1CC12CCCc1ccccc12. The highest BCUT2D eigenvalue weighted by Crippen LogP contribution is 2.60. The molecule has 0 aromatic heterocycles. The first-order valence-electron chi connectivity index (χ1n) is 7.57. The molecule has 0 radical (unpaired) electrons. The molecule has 2 atom stereocenters. The maximum atomic E-state index is 12.4. The lowest BCUT2D eigenvalue weighted by atomic mass is 9.78. The molecular weight excluding hydrogens is 248 g/mol. The van der Waals surface area contributed by atoms with Crippen LogP contribution in [0, 0.1) is 5.92 Å². The van der Waals surface area contributed by atoms with Gasteiger partial charge in [0, 0.05) is 23.4 Å². The van der Waals surface area contributed by atoms with Crippen LogP contribution in [0.4, 0.5) is 0 Å². The molecule has 3 rings (SSSR count). The minimum Gasteiger partial charge on any atom is -0.354 e. The third-order valence-corrected chi connectivity index (χ3v) is 4.73. The van der Waals surface area contributed by atoms with Crippen molar-refractivity contribution < 1.29 is 4.79 Å². The van der Waals surface area contributed by atoms with E-state index in [-0.39, 0.29) is 22.8 Å². The summed E-state index contributed by atoms with van der Waals surface area (Å²) in [6.07, 6.45) is 4.50. The van der Waals surface area contributed by atoms with E-state index in [0.717, 1.165) is 19.3 Å². The van der Waals surface area contributed by atoms with Gasteiger partial charge in [0.15, 0.2) is 0 Å². The Labute approximate surface area is 120 Å². The fourth-order valence-corrected chi connectivity index (χ4v) is 3.61. The molecule has 1 spiro atoms. The molecule has 20 heavy (non-hydrogen) atoms. The van der Waals surface area contributed by atoms with E-state index in [1.807, 2.05) is 13.8 Å². The molecule has 2 aliphatic carbocycles. The van der Waals surface area contributed by atoms with Gasteiger partial charge in [0.05, 0.1) is 0 Å². The Hall–Kier alpha value is -1.35. The van der Waals surface area contributed by atoms with Crippen LogP contribution in [-0.2, 0) is 16.6 Å². The highest BCUT2D eigenvalue weighted by molar-refractivity contribution is 5.84. The van der Waals surface area contributed by atoms with Gasteiger partial charge in [0.25, 0.3) is 0 Å². The fraction of sp³-hybridized carbons (Fsp3) is 0.588. The zero-order chi connectivity index (χ0) is 14.4. The predicted molar refractivity (Wildman–Crippen MR) is 80.4 cm³/mol. The minimum absolute atomic E-state index is 0.123. The highest BCUT2D eigenvalue weighted by atomic mass is 16.2. The number of fused-ring (bicyclic) bond motifs is 2. The minimum atomic E-state index is -0.345. The first-order valence-corrected chi connectivity index (χ1v) is 7.57. The summed E-state index contributed by atoms with van der Waals surface area (Å²) in [6, 6.07) is 8.63. The number of hydrogen-bond donors (Lipinski definition) is 2. The van der Waals surface area contributed by atoms with Crippen LogP contribution in [0.3, 0.4) is 0 Å². The van der Waals surface area contributed by atoms with Gasteiger partial charge in [0.2, 0.25) is 5.91 Å². The number of rotatable bonds is 3. The normalized spacial score (nSPS) is 28.1. The van der Waals surface area contributed by atoms with Crippen molar-refractivity contribution >= 4 is 5.91 Å². The van der Waals surface area contributed by atoms with E-state index >= 15 is 0 Å². The summed E-state index contributed by atoms with van der Waals surface area (Å²) in [7, 11) is 0. The zero-order valence-corrected chi connectivity index (χ0v) is 12.4. The van der Waals surface area contributed by atoms with Gasteiger partial charge >= 0.3 is 0 Å². The number of aryl methyl sites for hydroxylation is 1. The Bertz CT molecular complexity index is 532. The van der Waals surface area contributed by atoms with Gasteiger partial charge in [-0.05, 0) is 50.7 Å². The lowest BCUT2D eigenvalue weighted by Crippen LogP contribution is -2.46. The molecule has 1 aromatic carbocycles. The van der Waals surface area contributed by atoms with Crippen molar-refractivity contribution in [3.05, 3.63) is 35.4 Å². The van der Waals surface area contributed by atoms with E-state index in [2.05, 4.69) is 29.6 Å². The molecule has 1 amide bonds. The van der Waals surface area contributed by atoms with Crippen LogP contribution in [-0.4, -0.2) is 18.0 Å². The van der Waals surface area contributed by atoms with Crippen molar-refractivity contribution in [2.24, 2.45) is 11.7 Å². The number of benzene rings is 1. The van der Waals surface area contributed by atoms with Gasteiger partial charge in [-0.2, -0.15) is 0 Å². The Kier molecular flexibility index (Phi) is 3.13. The van der Waals surface area contributed by atoms with Crippen molar-refractivity contribution in [3.63, 3.8) is 0 Å². The summed E-state index contributed by atoms with van der Waals surface area (Å²) in [6.45, 7) is 4.41. The number of carbonyl (C=O) groups excluding carboxylic acids is 1. The van der Waals surface area contributed by atoms with Crippen molar-refractivity contribution in [3.8, 4) is 0 Å². The second-order valence-corrected chi connectivity index (χ2v) is 7.13. The molecular formula is C17H24N2O. The maximum absolute atomic E-state index is 12.4. The van der Waals surface area contributed by atoms with E-state index in [1.165, 1.54) is 17.5 Å². The Morgan fingerprint density at radius 1 is 1.45 bits per heavy atom. The van der Waals surface area contributed by atoms with Crippen LogP contribution in [0.1, 0.15) is 44.2 Å². The van der Waals surface area contributed by atoms with Crippen LogP contribution >= 0.6 is 0 Å². The van der Waals surface area contributed by atoms with E-state index in [1.54, 1.807) is 0 Å². The number of nitrogens with two attached hydrogens (primary N) is 1. The fourth-order valence-electron chi connectivity index (χ4n) is 3.61. The highest BCUT2D eigenvalue weighted by Gasteiger charge is 2.59. The number of amides is 1. The molecule has 0 bridgehead atoms. The van der Waals surface area contributed by atoms with Crippen LogP contribution in [0.2, 0.25) is 0 Å². The van der Waals surface area contributed by atoms with Crippen LogP contribution in [0.15, 0.2) is 24.3 Å². The van der Waals surface area contributed by atoms with Gasteiger partial charge < -0.3 is 11.1 Å². The van der Waals surface area contributed by atoms with Crippen molar-refractivity contribution in [2.75, 3.05) is 6.54 Å². The number of nitrogens with one attached hydrogen (secondary N) is 1. The summed E-state index contributed by atoms with van der Waals surface area (Å²) in [5.41, 5.74) is 8.57. The summed E-state index contributed by atoms with van der Waals surface area (Å²) in [4.78, 5) is 12.4. The molecule has 3 N–H and O–H groups in total. The first kappa shape index (κ1) is 13.6. The summed E-state index contributed by atoms with van der Waals surface area (Å²) < 4.78 is 0. The standard InChI is InChI=1S/C17H24N2O/c1-16(2,18)11-19-15(20)14-10-17(14)9-5-7-12-6-3-4-8-13(12)17/h3-4,6,8,14H,5,7,9-11,18H2,1-2H3,(H,19,20). The smallest absolute Gasteiger partial charge is 0.224 e. The van der Waals surface area contributed by atoms with E-state index in [9.17, 15) is 4.79 Å². The molecule has 1 aromatic rings. The molecule has 3 heteroatoms. The summed E-state index contributed by atoms with van der Waals surface area (Å²) >= 11 is 0. The Morgan fingerprint density at radius 2 is 2.20 bits per heavy atom. The lowest BCUT2D eigenvalue weighted by molar-refractivity contribution is -0.123. The van der Waals surface area contributed by atoms with Crippen LogP contribution < -0.4 is 11.1 Å². The topological polar surface area (TPSA) is 55.1 Å². The van der Waals surface area contributed by atoms with Crippen molar-refractivity contribution in [1.29, 1.82) is 0 Å². The molecule has 0 saturated heterocycles. The van der Waals surface area contributed by atoms with Gasteiger partial charge in [-0.25, -0.2) is 0 Å². The van der Waals surface area contributed by atoms with Crippen molar-refractivity contribution in [2.45, 2.75) is 50.5 Å². The van der Waals surface area contributed by atoms with Crippen LogP contribution in [0.25, 0.3) is 0 Å². The third-order valence-electron chi connectivity index (χ3n) is 4.73. The van der Waals surface area contributed by atoms with Crippen molar-refractivity contribution in [1.82, 2.24) is 5.32 Å². The first-order chi connectivity index (χ1) is 9.42. The summed E-state index contributed by atoms with van der Waals surface area (Å²) in [5, 5.41) is 3.02. The van der Waals surface area contributed by atoms with E-state index < -0.39 is 0 Å². The van der Waals surface area contributed by atoms with Crippen LogP contribution in [0.5, 0.6) is 0 Å². The molecule has 3 nitrogen and oxygen atoms in total. The molecule has 1 saturated carbocycles. The monoisotopic (exact) mass is 272 g/mol. The molecule has 2 aliphatic rings. The quantitative estimate of drug-likeness (QED) is 0.885. The van der Waals surface area contributed by atoms with Gasteiger partial charge in [-0.1, -0.05) is 24.3 Å². The zero-order valence-electron chi connectivity index (χ0n) is 12.4. The number of carbonyl (C=O) groups is 1. The van der Waals surface area contributed by atoms with E-state index in [4.69, 9.17) is 5.73 Å². The molecule has 0 aliphatic heterocycles. The average molecular weight is 272 g/mol. The largest absolute Gasteiger partial charge is 0.354 e.